The number of methoxy groups -OCH3 is 1. The second-order valence-corrected chi connectivity index (χ2v) is 6.65. The zero-order chi connectivity index (χ0) is 18.8. The van der Waals surface area contributed by atoms with Crippen LogP contribution in [0.1, 0.15) is 40.0 Å². The van der Waals surface area contributed by atoms with Crippen LogP contribution in [-0.2, 0) is 12.8 Å². The minimum absolute atomic E-state index is 0.0154. The Bertz CT molecular complexity index is 1040. The van der Waals surface area contributed by atoms with Gasteiger partial charge in [0, 0.05) is 27.7 Å². The minimum atomic E-state index is -0.290. The van der Waals surface area contributed by atoms with Crippen molar-refractivity contribution in [1.82, 2.24) is 10.4 Å². The van der Waals surface area contributed by atoms with Gasteiger partial charge in [-0.1, -0.05) is 6.07 Å². The van der Waals surface area contributed by atoms with E-state index < -0.39 is 0 Å². The van der Waals surface area contributed by atoms with Gasteiger partial charge < -0.3 is 14.8 Å². The van der Waals surface area contributed by atoms with E-state index in [1.54, 1.807) is 24.3 Å². The zero-order valence-electron chi connectivity index (χ0n) is 15.1. The Labute approximate surface area is 156 Å². The number of benzene rings is 2. The molecule has 0 radical (unpaired) electrons. The maximum atomic E-state index is 12.5. The number of hydrazone groups is 1. The number of phenols is 1. The van der Waals surface area contributed by atoms with Crippen molar-refractivity contribution in [2.75, 3.05) is 7.11 Å². The van der Waals surface area contributed by atoms with Gasteiger partial charge in [-0.25, -0.2) is 5.43 Å². The second-order valence-electron chi connectivity index (χ2n) is 6.65. The molecule has 1 aliphatic carbocycles. The maximum absolute atomic E-state index is 12.5. The van der Waals surface area contributed by atoms with Crippen LogP contribution < -0.4 is 10.2 Å². The molecular formula is C21H21N3O3. The van der Waals surface area contributed by atoms with Crippen molar-refractivity contribution >= 4 is 23.0 Å². The smallest absolute Gasteiger partial charge is 0.271 e. The number of aromatic amines is 1. The highest BCUT2D eigenvalue weighted by molar-refractivity contribution is 5.99. The van der Waals surface area contributed by atoms with Crippen LogP contribution in [0.3, 0.4) is 0 Å². The van der Waals surface area contributed by atoms with Gasteiger partial charge in [0.25, 0.3) is 5.91 Å². The van der Waals surface area contributed by atoms with Gasteiger partial charge in [-0.2, -0.15) is 5.10 Å². The Morgan fingerprint density at radius 1 is 1.26 bits per heavy atom. The van der Waals surface area contributed by atoms with Crippen LogP contribution in [0, 0.1) is 0 Å². The number of phenolic OH excluding ortho intramolecular Hbond substituents is 1. The predicted molar refractivity (Wildman–Crippen MR) is 105 cm³/mol. The average Bonchev–Trinajstić information content (AvgIpc) is 3.07. The summed E-state index contributed by atoms with van der Waals surface area (Å²) in [4.78, 5) is 15.9. The van der Waals surface area contributed by atoms with E-state index in [4.69, 9.17) is 4.74 Å². The van der Waals surface area contributed by atoms with E-state index in [9.17, 15) is 9.90 Å². The summed E-state index contributed by atoms with van der Waals surface area (Å²) in [5.41, 5.74) is 7.23. The standard InChI is InChI=1S/C21H21N3O3/c1-27-19-8-4-5-14(20(19)25)12-22-24-21(26)13-9-10-18-16(11-13)15-6-2-3-7-17(15)23-18/h4-5,8-12,23,25H,2-3,6-7H2,1H3,(H,24,26)/b22-12+. The number of hydrogen-bond acceptors (Lipinski definition) is 4. The lowest BCUT2D eigenvalue weighted by Gasteiger charge is -2.10. The number of carbonyl (C=O) groups is 1. The van der Waals surface area contributed by atoms with Gasteiger partial charge in [0.2, 0.25) is 0 Å². The Balaban J connectivity index is 1.53. The molecule has 6 heteroatoms. The molecule has 27 heavy (non-hydrogen) atoms. The topological polar surface area (TPSA) is 86.7 Å². The minimum Gasteiger partial charge on any atom is -0.504 e. The number of H-pyrrole nitrogens is 1. The number of fused-ring (bicyclic) bond motifs is 3. The predicted octanol–water partition coefficient (Wildman–Crippen LogP) is 3.52. The van der Waals surface area contributed by atoms with E-state index >= 15 is 0 Å². The summed E-state index contributed by atoms with van der Waals surface area (Å²) in [6.45, 7) is 0. The number of hydrogen-bond donors (Lipinski definition) is 3. The van der Waals surface area contributed by atoms with Crippen molar-refractivity contribution in [3.63, 3.8) is 0 Å². The number of nitrogens with one attached hydrogen (secondary N) is 2. The molecule has 1 heterocycles. The fraction of sp³-hybridized carbons (Fsp3) is 0.238. The van der Waals surface area contributed by atoms with Crippen LogP contribution in [0.15, 0.2) is 41.5 Å². The first kappa shape index (κ1) is 17.1. The Morgan fingerprint density at radius 2 is 2.11 bits per heavy atom. The summed E-state index contributed by atoms with van der Waals surface area (Å²) in [6, 6.07) is 10.7. The average molecular weight is 363 g/mol. The van der Waals surface area contributed by atoms with Crippen LogP contribution in [0.25, 0.3) is 10.9 Å². The van der Waals surface area contributed by atoms with Crippen LogP contribution in [0.5, 0.6) is 11.5 Å². The lowest BCUT2D eigenvalue weighted by molar-refractivity contribution is 0.0955. The first-order valence-electron chi connectivity index (χ1n) is 9.00. The Morgan fingerprint density at radius 3 is 2.96 bits per heavy atom. The molecule has 4 rings (SSSR count). The number of ether oxygens (including phenoxy) is 1. The van der Waals surface area contributed by atoms with Gasteiger partial charge in [0.1, 0.15) is 0 Å². The van der Waals surface area contributed by atoms with E-state index in [1.165, 1.54) is 37.4 Å². The van der Waals surface area contributed by atoms with E-state index in [0.717, 1.165) is 23.7 Å². The van der Waals surface area contributed by atoms with Gasteiger partial charge in [0.15, 0.2) is 11.5 Å². The van der Waals surface area contributed by atoms with Crippen LogP contribution in [-0.4, -0.2) is 29.3 Å². The summed E-state index contributed by atoms with van der Waals surface area (Å²) in [5, 5.41) is 15.1. The van der Waals surface area contributed by atoms with Crippen molar-refractivity contribution in [2.45, 2.75) is 25.7 Å². The number of rotatable bonds is 4. The van der Waals surface area contributed by atoms with Crippen molar-refractivity contribution < 1.29 is 14.6 Å². The Hall–Kier alpha value is -3.28. The molecule has 0 spiro atoms. The third-order valence-corrected chi connectivity index (χ3v) is 4.98. The first-order valence-corrected chi connectivity index (χ1v) is 9.00. The molecule has 1 aromatic heterocycles. The number of carbonyl (C=O) groups excluding carboxylic acids is 1. The zero-order valence-corrected chi connectivity index (χ0v) is 15.1. The monoisotopic (exact) mass is 363 g/mol. The van der Waals surface area contributed by atoms with Gasteiger partial charge in [-0.05, 0) is 61.6 Å². The Kier molecular flexibility index (Phi) is 4.54. The lowest BCUT2D eigenvalue weighted by atomic mass is 9.95. The van der Waals surface area contributed by atoms with Gasteiger partial charge in [-0.3, -0.25) is 4.79 Å². The summed E-state index contributed by atoms with van der Waals surface area (Å²) in [5.74, 6) is 0.0487. The van der Waals surface area contributed by atoms with E-state index in [-0.39, 0.29) is 11.7 Å². The molecular weight excluding hydrogens is 342 g/mol. The van der Waals surface area contributed by atoms with Gasteiger partial charge in [0.05, 0.1) is 13.3 Å². The molecule has 6 nitrogen and oxygen atoms in total. The number of aryl methyl sites for hydroxylation is 2. The van der Waals surface area contributed by atoms with Crippen molar-refractivity contribution in [3.05, 3.63) is 58.8 Å². The highest BCUT2D eigenvalue weighted by Crippen LogP contribution is 2.30. The molecule has 2 aromatic carbocycles. The highest BCUT2D eigenvalue weighted by Gasteiger charge is 2.16. The van der Waals surface area contributed by atoms with E-state index in [0.29, 0.717) is 16.9 Å². The third-order valence-electron chi connectivity index (χ3n) is 4.98. The molecule has 0 saturated heterocycles. The normalized spacial score (nSPS) is 13.7. The molecule has 3 N–H and O–H groups in total. The number of para-hydroxylation sites is 1. The van der Waals surface area contributed by atoms with E-state index in [2.05, 4.69) is 15.5 Å². The molecule has 0 saturated carbocycles. The third kappa shape index (κ3) is 3.26. The summed E-state index contributed by atoms with van der Waals surface area (Å²) >= 11 is 0. The number of aromatic hydroxyl groups is 1. The van der Waals surface area contributed by atoms with Crippen molar-refractivity contribution in [1.29, 1.82) is 0 Å². The van der Waals surface area contributed by atoms with Crippen molar-refractivity contribution in [3.8, 4) is 11.5 Å². The number of nitrogens with zero attached hydrogens (tertiary/aromatic N) is 1. The summed E-state index contributed by atoms with van der Waals surface area (Å²) < 4.78 is 5.06. The molecule has 0 atom stereocenters. The fourth-order valence-corrected chi connectivity index (χ4v) is 3.58. The van der Waals surface area contributed by atoms with E-state index in [1.807, 2.05) is 12.1 Å². The molecule has 0 aliphatic heterocycles. The highest BCUT2D eigenvalue weighted by atomic mass is 16.5. The molecule has 1 amide bonds. The SMILES string of the molecule is COc1cccc(/C=N/NC(=O)c2ccc3[nH]c4c(c3c2)CCCC4)c1O. The molecule has 0 unspecified atom stereocenters. The van der Waals surface area contributed by atoms with Crippen LogP contribution in [0.4, 0.5) is 0 Å². The summed E-state index contributed by atoms with van der Waals surface area (Å²) in [7, 11) is 1.48. The summed E-state index contributed by atoms with van der Waals surface area (Å²) in [6.07, 6.45) is 5.91. The second kappa shape index (κ2) is 7.15. The molecule has 1 aliphatic rings. The first-order chi connectivity index (χ1) is 13.2. The van der Waals surface area contributed by atoms with Crippen LogP contribution in [0.2, 0.25) is 0 Å². The lowest BCUT2D eigenvalue weighted by Crippen LogP contribution is -2.17. The number of aromatic nitrogens is 1. The van der Waals surface area contributed by atoms with Gasteiger partial charge >= 0.3 is 0 Å². The molecule has 138 valence electrons. The number of amides is 1. The van der Waals surface area contributed by atoms with Gasteiger partial charge in [-0.15, -0.1) is 0 Å². The quantitative estimate of drug-likeness (QED) is 0.490. The molecule has 3 aromatic rings. The maximum Gasteiger partial charge on any atom is 0.271 e. The molecule has 0 bridgehead atoms. The molecule has 0 fully saturated rings. The largest absolute Gasteiger partial charge is 0.504 e. The van der Waals surface area contributed by atoms with Crippen molar-refractivity contribution in [2.24, 2.45) is 5.10 Å². The fourth-order valence-electron chi connectivity index (χ4n) is 3.58. The van der Waals surface area contributed by atoms with Crippen LogP contribution >= 0.6 is 0 Å².